The summed E-state index contributed by atoms with van der Waals surface area (Å²) in [5.41, 5.74) is 2.82. The maximum Gasteiger partial charge on any atom is 0.409 e. The fourth-order valence-electron chi connectivity index (χ4n) is 1.96. The predicted octanol–water partition coefficient (Wildman–Crippen LogP) is 3.46. The summed E-state index contributed by atoms with van der Waals surface area (Å²) in [7, 11) is 0. The summed E-state index contributed by atoms with van der Waals surface area (Å²) in [6, 6.07) is 14.1. The van der Waals surface area contributed by atoms with Crippen molar-refractivity contribution < 1.29 is 19.8 Å². The molecule has 0 saturated carbocycles. The molecule has 0 unspecified atom stereocenters. The van der Waals surface area contributed by atoms with Crippen LogP contribution in [0.3, 0.4) is 0 Å². The Hall–Kier alpha value is -3.02. The second-order valence-electron chi connectivity index (χ2n) is 4.39. The largest absolute Gasteiger partial charge is 0.465 e. The van der Waals surface area contributed by atoms with Gasteiger partial charge in [0.15, 0.2) is 0 Å². The predicted molar refractivity (Wildman–Crippen MR) is 79.0 cm³/mol. The molecule has 0 fully saturated rings. The number of nitrogens with one attached hydrogen (secondary N) is 2. The molecule has 0 saturated heterocycles. The molecule has 0 heterocycles. The minimum atomic E-state index is -1.11. The molecule has 0 radical (unpaired) electrons. The molecule has 0 aliphatic heterocycles. The van der Waals surface area contributed by atoms with Gasteiger partial charge < -0.3 is 10.2 Å². The summed E-state index contributed by atoms with van der Waals surface area (Å²) in [5, 5.41) is 22.0. The van der Waals surface area contributed by atoms with Gasteiger partial charge in [-0.15, -0.1) is 0 Å². The normalized spacial score (nSPS) is 9.90. The monoisotopic (exact) mass is 286 g/mol. The summed E-state index contributed by atoms with van der Waals surface area (Å²) in [6.45, 7) is 0. The van der Waals surface area contributed by atoms with Crippen LogP contribution in [-0.2, 0) is 6.42 Å². The Morgan fingerprint density at radius 2 is 1.48 bits per heavy atom. The first-order valence-corrected chi connectivity index (χ1v) is 6.21. The average molecular weight is 286 g/mol. The first-order valence-electron chi connectivity index (χ1n) is 6.21. The summed E-state index contributed by atoms with van der Waals surface area (Å²) in [6.07, 6.45) is -1.67. The highest BCUT2D eigenvalue weighted by atomic mass is 16.4. The van der Waals surface area contributed by atoms with Crippen LogP contribution >= 0.6 is 0 Å². The maximum absolute atomic E-state index is 10.7. The highest BCUT2D eigenvalue weighted by molar-refractivity contribution is 5.84. The van der Waals surface area contributed by atoms with E-state index < -0.39 is 12.2 Å². The van der Waals surface area contributed by atoms with Gasteiger partial charge in [0.1, 0.15) is 0 Å². The number of hydrogen-bond acceptors (Lipinski definition) is 2. The summed E-state index contributed by atoms with van der Waals surface area (Å²) >= 11 is 0. The molecule has 0 atom stereocenters. The Kier molecular flexibility index (Phi) is 4.40. The number of amides is 2. The van der Waals surface area contributed by atoms with Gasteiger partial charge in [-0.05, 0) is 35.7 Å². The molecule has 2 aromatic carbocycles. The third-order valence-electron chi connectivity index (χ3n) is 2.86. The van der Waals surface area contributed by atoms with Crippen LogP contribution in [0.5, 0.6) is 0 Å². The molecule has 21 heavy (non-hydrogen) atoms. The SMILES string of the molecule is O=C(O)Nc1ccc(Cc2ccccc2NC(=O)O)cc1. The Morgan fingerprint density at radius 1 is 0.857 bits per heavy atom. The van der Waals surface area contributed by atoms with E-state index in [4.69, 9.17) is 10.2 Å². The Balaban J connectivity index is 2.14. The lowest BCUT2D eigenvalue weighted by Gasteiger charge is -2.09. The van der Waals surface area contributed by atoms with Crippen LogP contribution in [0.2, 0.25) is 0 Å². The van der Waals surface area contributed by atoms with Crippen molar-refractivity contribution in [2.24, 2.45) is 0 Å². The molecule has 0 aromatic heterocycles. The van der Waals surface area contributed by atoms with Gasteiger partial charge in [-0.1, -0.05) is 30.3 Å². The molecule has 0 spiro atoms. The molecule has 6 heteroatoms. The van der Waals surface area contributed by atoms with Crippen LogP contribution in [0.1, 0.15) is 11.1 Å². The van der Waals surface area contributed by atoms with Crippen LogP contribution in [-0.4, -0.2) is 22.4 Å². The van der Waals surface area contributed by atoms with Crippen molar-refractivity contribution in [3.8, 4) is 0 Å². The van der Waals surface area contributed by atoms with Gasteiger partial charge >= 0.3 is 12.2 Å². The molecular weight excluding hydrogens is 272 g/mol. The zero-order valence-corrected chi connectivity index (χ0v) is 11.0. The first-order chi connectivity index (χ1) is 10.0. The van der Waals surface area contributed by atoms with E-state index in [0.717, 1.165) is 11.1 Å². The van der Waals surface area contributed by atoms with Gasteiger partial charge in [0, 0.05) is 11.4 Å². The van der Waals surface area contributed by atoms with Gasteiger partial charge in [-0.2, -0.15) is 0 Å². The zero-order chi connectivity index (χ0) is 15.2. The topological polar surface area (TPSA) is 98.7 Å². The van der Waals surface area contributed by atoms with Crippen molar-refractivity contribution in [3.05, 3.63) is 59.7 Å². The van der Waals surface area contributed by atoms with Gasteiger partial charge in [0.2, 0.25) is 0 Å². The molecule has 4 N–H and O–H groups in total. The van der Waals surface area contributed by atoms with Gasteiger partial charge in [-0.3, -0.25) is 10.6 Å². The standard InChI is InChI=1S/C15H14N2O4/c18-14(19)16-12-7-5-10(6-8-12)9-11-3-1-2-4-13(11)17-15(20)21/h1-8,16-17H,9H2,(H,18,19)(H,20,21). The van der Waals surface area contributed by atoms with E-state index >= 15 is 0 Å². The second-order valence-corrected chi connectivity index (χ2v) is 4.39. The number of hydrogen-bond donors (Lipinski definition) is 4. The molecule has 0 aliphatic rings. The smallest absolute Gasteiger partial charge is 0.409 e. The van der Waals surface area contributed by atoms with Crippen molar-refractivity contribution in [1.29, 1.82) is 0 Å². The number of rotatable bonds is 4. The van der Waals surface area contributed by atoms with Crippen LogP contribution in [0.25, 0.3) is 0 Å². The molecular formula is C15H14N2O4. The van der Waals surface area contributed by atoms with Crippen LogP contribution in [0.4, 0.5) is 21.0 Å². The Morgan fingerprint density at radius 3 is 2.10 bits per heavy atom. The van der Waals surface area contributed by atoms with Crippen molar-refractivity contribution >= 4 is 23.6 Å². The van der Waals surface area contributed by atoms with E-state index in [-0.39, 0.29) is 0 Å². The Labute approximate surface area is 121 Å². The van der Waals surface area contributed by atoms with E-state index in [1.807, 2.05) is 12.1 Å². The summed E-state index contributed by atoms with van der Waals surface area (Å²) in [5.74, 6) is 0. The molecule has 6 nitrogen and oxygen atoms in total. The lowest BCUT2D eigenvalue weighted by Crippen LogP contribution is -2.09. The van der Waals surface area contributed by atoms with E-state index in [9.17, 15) is 9.59 Å². The third-order valence-corrected chi connectivity index (χ3v) is 2.86. The van der Waals surface area contributed by atoms with E-state index in [0.29, 0.717) is 17.8 Å². The minimum Gasteiger partial charge on any atom is -0.465 e. The van der Waals surface area contributed by atoms with Crippen molar-refractivity contribution in [2.45, 2.75) is 6.42 Å². The molecule has 0 bridgehead atoms. The van der Waals surface area contributed by atoms with Crippen LogP contribution in [0, 0.1) is 0 Å². The van der Waals surface area contributed by atoms with Crippen molar-refractivity contribution in [1.82, 2.24) is 0 Å². The quantitative estimate of drug-likeness (QED) is 0.691. The zero-order valence-electron chi connectivity index (χ0n) is 11.0. The van der Waals surface area contributed by atoms with Crippen LogP contribution < -0.4 is 10.6 Å². The number of benzene rings is 2. The average Bonchev–Trinajstić information content (AvgIpc) is 2.42. The first kappa shape index (κ1) is 14.4. The molecule has 108 valence electrons. The van der Waals surface area contributed by atoms with Gasteiger partial charge in [0.05, 0.1) is 0 Å². The highest BCUT2D eigenvalue weighted by Crippen LogP contribution is 2.20. The second kappa shape index (κ2) is 6.42. The number of para-hydroxylation sites is 1. The number of carbonyl (C=O) groups is 2. The number of carboxylic acid groups (broad SMARTS) is 2. The fraction of sp³-hybridized carbons (Fsp3) is 0.0667. The van der Waals surface area contributed by atoms with E-state index in [2.05, 4.69) is 10.6 Å². The molecule has 2 aromatic rings. The molecule has 2 rings (SSSR count). The summed E-state index contributed by atoms with van der Waals surface area (Å²) < 4.78 is 0. The van der Waals surface area contributed by atoms with Crippen molar-refractivity contribution in [3.63, 3.8) is 0 Å². The lowest BCUT2D eigenvalue weighted by molar-refractivity contribution is 0.208. The van der Waals surface area contributed by atoms with Gasteiger partial charge in [0.25, 0.3) is 0 Å². The highest BCUT2D eigenvalue weighted by Gasteiger charge is 2.06. The van der Waals surface area contributed by atoms with E-state index in [1.165, 1.54) is 0 Å². The summed E-state index contributed by atoms with van der Waals surface area (Å²) in [4.78, 5) is 21.3. The maximum atomic E-state index is 10.7. The molecule has 0 aliphatic carbocycles. The number of anilines is 2. The molecule has 2 amide bonds. The third kappa shape index (κ3) is 4.24. The van der Waals surface area contributed by atoms with Crippen LogP contribution in [0.15, 0.2) is 48.5 Å². The minimum absolute atomic E-state index is 0.489. The van der Waals surface area contributed by atoms with E-state index in [1.54, 1.807) is 36.4 Å². The van der Waals surface area contributed by atoms with Gasteiger partial charge in [-0.25, -0.2) is 9.59 Å². The Bertz CT molecular complexity index is 653. The fourth-order valence-corrected chi connectivity index (χ4v) is 1.96. The lowest BCUT2D eigenvalue weighted by atomic mass is 10.0. The van der Waals surface area contributed by atoms with Crippen molar-refractivity contribution in [2.75, 3.05) is 10.6 Å².